The summed E-state index contributed by atoms with van der Waals surface area (Å²) in [4.78, 5) is 14.9. The standard InChI is InChI=1S/C27H31N3O4S/c1-35(32,33)29-24-16-22(15-23(18-24)27(31)30-13-6-3-7-14-30)20-28-19-21-9-8-12-26(17-21)34-25-10-4-2-5-11-25/h2,4-5,8-12,15-18,28-29H,3,6-7,13-14,19-20H2,1H3. The zero-order valence-corrected chi connectivity index (χ0v) is 20.7. The Morgan fingerprint density at radius 1 is 0.857 bits per heavy atom. The van der Waals surface area contributed by atoms with E-state index in [-0.39, 0.29) is 5.91 Å². The normalized spacial score (nSPS) is 13.9. The maximum Gasteiger partial charge on any atom is 0.253 e. The van der Waals surface area contributed by atoms with Crippen LogP contribution in [-0.4, -0.2) is 38.6 Å². The molecule has 0 atom stereocenters. The molecule has 8 heteroatoms. The van der Waals surface area contributed by atoms with Gasteiger partial charge in [-0.1, -0.05) is 30.3 Å². The number of nitrogens with zero attached hydrogens (tertiary/aromatic N) is 1. The lowest BCUT2D eigenvalue weighted by molar-refractivity contribution is 0.0724. The van der Waals surface area contributed by atoms with Crippen molar-refractivity contribution in [3.05, 3.63) is 89.5 Å². The monoisotopic (exact) mass is 493 g/mol. The largest absolute Gasteiger partial charge is 0.457 e. The molecule has 0 aliphatic carbocycles. The first-order valence-electron chi connectivity index (χ1n) is 11.8. The highest BCUT2D eigenvalue weighted by atomic mass is 32.2. The number of rotatable bonds is 9. The summed E-state index contributed by atoms with van der Waals surface area (Å²) >= 11 is 0. The zero-order valence-electron chi connectivity index (χ0n) is 19.9. The molecule has 184 valence electrons. The summed E-state index contributed by atoms with van der Waals surface area (Å²) in [6.45, 7) is 2.53. The van der Waals surface area contributed by atoms with E-state index in [4.69, 9.17) is 4.74 Å². The number of ether oxygens (including phenoxy) is 1. The van der Waals surface area contributed by atoms with E-state index < -0.39 is 10.0 Å². The van der Waals surface area contributed by atoms with Gasteiger partial charge in [-0.05, 0) is 72.9 Å². The zero-order chi connectivity index (χ0) is 24.7. The van der Waals surface area contributed by atoms with Gasteiger partial charge in [-0.15, -0.1) is 0 Å². The average molecular weight is 494 g/mol. The summed E-state index contributed by atoms with van der Waals surface area (Å²) < 4.78 is 32.1. The van der Waals surface area contributed by atoms with Crippen molar-refractivity contribution >= 4 is 21.6 Å². The lowest BCUT2D eigenvalue weighted by Gasteiger charge is -2.27. The van der Waals surface area contributed by atoms with Crippen molar-refractivity contribution in [1.29, 1.82) is 0 Å². The topological polar surface area (TPSA) is 87.7 Å². The number of carbonyl (C=O) groups is 1. The minimum atomic E-state index is -3.46. The first-order chi connectivity index (χ1) is 16.9. The van der Waals surface area contributed by atoms with Crippen molar-refractivity contribution in [2.75, 3.05) is 24.1 Å². The highest BCUT2D eigenvalue weighted by Gasteiger charge is 2.19. The van der Waals surface area contributed by atoms with Gasteiger partial charge in [0.1, 0.15) is 11.5 Å². The predicted molar refractivity (Wildman–Crippen MR) is 138 cm³/mol. The molecule has 0 unspecified atom stereocenters. The number of benzene rings is 3. The number of nitrogens with one attached hydrogen (secondary N) is 2. The molecule has 1 saturated heterocycles. The quantitative estimate of drug-likeness (QED) is 0.449. The fourth-order valence-electron chi connectivity index (χ4n) is 4.16. The lowest BCUT2D eigenvalue weighted by Crippen LogP contribution is -2.35. The van der Waals surface area contributed by atoms with E-state index in [9.17, 15) is 13.2 Å². The third kappa shape index (κ3) is 7.56. The van der Waals surface area contributed by atoms with E-state index in [0.717, 1.165) is 61.2 Å². The molecular formula is C27H31N3O4S. The Kier molecular flexibility index (Phi) is 8.05. The molecule has 0 radical (unpaired) electrons. The lowest BCUT2D eigenvalue weighted by atomic mass is 10.1. The molecule has 3 aromatic carbocycles. The van der Waals surface area contributed by atoms with Gasteiger partial charge in [0.05, 0.1) is 6.26 Å². The maximum atomic E-state index is 13.1. The number of carbonyl (C=O) groups excluding carboxylic acids is 1. The van der Waals surface area contributed by atoms with Crippen molar-refractivity contribution in [3.8, 4) is 11.5 Å². The first kappa shape index (κ1) is 24.8. The number of sulfonamides is 1. The van der Waals surface area contributed by atoms with Crippen molar-refractivity contribution < 1.29 is 17.9 Å². The van der Waals surface area contributed by atoms with Crippen molar-refractivity contribution in [2.24, 2.45) is 0 Å². The molecule has 1 heterocycles. The Balaban J connectivity index is 1.44. The summed E-state index contributed by atoms with van der Waals surface area (Å²) in [5.41, 5.74) is 2.77. The van der Waals surface area contributed by atoms with E-state index in [0.29, 0.717) is 24.3 Å². The number of hydrogen-bond donors (Lipinski definition) is 2. The van der Waals surface area contributed by atoms with Gasteiger partial charge in [0.2, 0.25) is 10.0 Å². The number of hydrogen-bond acceptors (Lipinski definition) is 5. The third-order valence-corrected chi connectivity index (χ3v) is 6.33. The first-order valence-corrected chi connectivity index (χ1v) is 13.7. The number of likely N-dealkylation sites (tertiary alicyclic amines) is 1. The molecular weight excluding hydrogens is 462 g/mol. The summed E-state index contributed by atoms with van der Waals surface area (Å²) in [5.74, 6) is 1.47. The molecule has 3 aromatic rings. The predicted octanol–water partition coefficient (Wildman–Crippen LogP) is 4.77. The van der Waals surface area contributed by atoms with Gasteiger partial charge in [-0.25, -0.2) is 8.42 Å². The molecule has 1 amide bonds. The highest BCUT2D eigenvalue weighted by Crippen LogP contribution is 2.23. The number of amides is 1. The van der Waals surface area contributed by atoms with Crippen LogP contribution in [0.15, 0.2) is 72.8 Å². The minimum absolute atomic E-state index is 0.0612. The number of anilines is 1. The van der Waals surface area contributed by atoms with Crippen LogP contribution in [0.2, 0.25) is 0 Å². The smallest absolute Gasteiger partial charge is 0.253 e. The van der Waals surface area contributed by atoms with E-state index in [2.05, 4.69) is 10.0 Å². The van der Waals surface area contributed by atoms with Crippen molar-refractivity contribution in [1.82, 2.24) is 10.2 Å². The second-order valence-corrected chi connectivity index (χ2v) is 10.6. The van der Waals surface area contributed by atoms with Gasteiger partial charge >= 0.3 is 0 Å². The molecule has 1 aliphatic rings. The van der Waals surface area contributed by atoms with E-state index >= 15 is 0 Å². The van der Waals surface area contributed by atoms with Gasteiger partial charge in [0, 0.05) is 37.4 Å². The van der Waals surface area contributed by atoms with Gasteiger partial charge in [-0.3, -0.25) is 9.52 Å². The fraction of sp³-hybridized carbons (Fsp3) is 0.296. The Labute approximate surface area is 207 Å². The molecule has 0 bridgehead atoms. The SMILES string of the molecule is CS(=O)(=O)Nc1cc(CNCc2cccc(Oc3ccccc3)c2)cc(C(=O)N2CCCCC2)c1. The molecule has 4 rings (SSSR count). The van der Waals surface area contributed by atoms with Gasteiger partial charge < -0.3 is 15.0 Å². The van der Waals surface area contributed by atoms with Gasteiger partial charge in [-0.2, -0.15) is 0 Å². The summed E-state index contributed by atoms with van der Waals surface area (Å²) in [6, 6.07) is 22.7. The van der Waals surface area contributed by atoms with Crippen LogP contribution < -0.4 is 14.8 Å². The van der Waals surface area contributed by atoms with Crippen LogP contribution >= 0.6 is 0 Å². The van der Waals surface area contributed by atoms with Crippen LogP contribution in [-0.2, 0) is 23.1 Å². The Hall–Kier alpha value is -3.36. The van der Waals surface area contributed by atoms with Gasteiger partial charge in [0.25, 0.3) is 5.91 Å². The Morgan fingerprint density at radius 2 is 1.57 bits per heavy atom. The highest BCUT2D eigenvalue weighted by molar-refractivity contribution is 7.92. The second kappa shape index (κ2) is 11.4. The van der Waals surface area contributed by atoms with E-state index in [1.165, 1.54) is 0 Å². The molecule has 1 aliphatic heterocycles. The summed E-state index contributed by atoms with van der Waals surface area (Å²) in [7, 11) is -3.46. The average Bonchev–Trinajstić information content (AvgIpc) is 2.84. The molecule has 7 nitrogen and oxygen atoms in total. The Bertz CT molecular complexity index is 1260. The number of para-hydroxylation sites is 1. The summed E-state index contributed by atoms with van der Waals surface area (Å²) in [5, 5.41) is 3.39. The third-order valence-electron chi connectivity index (χ3n) is 5.72. The molecule has 0 aromatic heterocycles. The maximum absolute atomic E-state index is 13.1. The van der Waals surface area contributed by atoms with Crippen molar-refractivity contribution in [2.45, 2.75) is 32.4 Å². The number of piperidine rings is 1. The van der Waals surface area contributed by atoms with Crippen LogP contribution in [0.5, 0.6) is 11.5 Å². The van der Waals surface area contributed by atoms with Gasteiger partial charge in [0.15, 0.2) is 0 Å². The fourth-order valence-corrected chi connectivity index (χ4v) is 4.71. The van der Waals surface area contributed by atoms with Crippen LogP contribution in [0.1, 0.15) is 40.7 Å². The van der Waals surface area contributed by atoms with Crippen LogP contribution in [0.3, 0.4) is 0 Å². The van der Waals surface area contributed by atoms with Crippen molar-refractivity contribution in [3.63, 3.8) is 0 Å². The molecule has 2 N–H and O–H groups in total. The molecule has 1 fully saturated rings. The van der Waals surface area contributed by atoms with E-state index in [1.807, 2.05) is 65.6 Å². The summed E-state index contributed by atoms with van der Waals surface area (Å²) in [6.07, 6.45) is 4.23. The van der Waals surface area contributed by atoms with Crippen LogP contribution in [0.4, 0.5) is 5.69 Å². The van der Waals surface area contributed by atoms with E-state index in [1.54, 1.807) is 12.1 Å². The molecule has 0 saturated carbocycles. The molecule has 0 spiro atoms. The molecule has 35 heavy (non-hydrogen) atoms. The second-order valence-electron chi connectivity index (χ2n) is 8.81. The minimum Gasteiger partial charge on any atom is -0.457 e. The van der Waals surface area contributed by atoms with Crippen LogP contribution in [0.25, 0.3) is 0 Å². The Morgan fingerprint density at radius 3 is 2.31 bits per heavy atom. The van der Waals surface area contributed by atoms with Crippen LogP contribution in [0, 0.1) is 0 Å².